The molecule has 0 radical (unpaired) electrons. The van der Waals surface area contributed by atoms with Gasteiger partial charge in [0.25, 0.3) is 0 Å². The molecule has 0 aliphatic heterocycles. The molecule has 0 saturated carbocycles. The van der Waals surface area contributed by atoms with E-state index in [0.717, 1.165) is 30.5 Å². The largest absolute Gasteiger partial charge is 0.298 e. The molecule has 1 heterocycles. The SMILES string of the molecule is Fc1ccc(-c2nccn2-c2c(Br)cc(Br)cc2Br)cc1. The second-order valence-electron chi connectivity index (χ2n) is 4.35. The summed E-state index contributed by atoms with van der Waals surface area (Å²) in [6.07, 6.45) is 3.59. The number of rotatable bonds is 2. The van der Waals surface area contributed by atoms with Crippen molar-refractivity contribution in [2.24, 2.45) is 0 Å². The van der Waals surface area contributed by atoms with Crippen LogP contribution in [0.25, 0.3) is 17.1 Å². The zero-order valence-corrected chi connectivity index (χ0v) is 15.3. The zero-order valence-electron chi connectivity index (χ0n) is 10.5. The van der Waals surface area contributed by atoms with Gasteiger partial charge in [0.15, 0.2) is 0 Å². The molecule has 0 fully saturated rings. The molecular weight excluding hydrogens is 467 g/mol. The fraction of sp³-hybridized carbons (Fsp3) is 0. The minimum absolute atomic E-state index is 0.261. The van der Waals surface area contributed by atoms with Crippen LogP contribution in [0, 0.1) is 5.82 Å². The number of halogens is 4. The predicted octanol–water partition coefficient (Wildman–Crippen LogP) is 5.97. The van der Waals surface area contributed by atoms with Gasteiger partial charge in [-0.1, -0.05) is 15.9 Å². The Kier molecular flexibility index (Phi) is 4.28. The quantitative estimate of drug-likeness (QED) is 0.447. The normalized spacial score (nSPS) is 10.9. The maximum Gasteiger partial charge on any atom is 0.144 e. The highest BCUT2D eigenvalue weighted by Gasteiger charge is 2.14. The molecule has 6 heteroatoms. The van der Waals surface area contributed by atoms with Gasteiger partial charge in [-0.3, -0.25) is 4.57 Å². The third-order valence-corrected chi connectivity index (χ3v) is 4.63. The van der Waals surface area contributed by atoms with Gasteiger partial charge in [0, 0.05) is 31.4 Å². The van der Waals surface area contributed by atoms with Gasteiger partial charge >= 0.3 is 0 Å². The molecule has 0 aliphatic carbocycles. The van der Waals surface area contributed by atoms with E-state index in [2.05, 4.69) is 52.8 Å². The fourth-order valence-electron chi connectivity index (χ4n) is 2.06. The van der Waals surface area contributed by atoms with E-state index in [1.807, 2.05) is 22.9 Å². The first kappa shape index (κ1) is 14.9. The summed E-state index contributed by atoms with van der Waals surface area (Å²) in [4.78, 5) is 4.38. The lowest BCUT2D eigenvalue weighted by molar-refractivity contribution is 0.628. The number of hydrogen-bond donors (Lipinski definition) is 0. The van der Waals surface area contributed by atoms with Crippen molar-refractivity contribution in [3.05, 3.63) is 68.0 Å². The summed E-state index contributed by atoms with van der Waals surface area (Å²) in [5.74, 6) is 0.488. The van der Waals surface area contributed by atoms with Crippen LogP contribution in [0.4, 0.5) is 4.39 Å². The first-order chi connectivity index (χ1) is 10.1. The maximum absolute atomic E-state index is 13.1. The van der Waals surface area contributed by atoms with Crippen molar-refractivity contribution >= 4 is 47.8 Å². The highest BCUT2D eigenvalue weighted by molar-refractivity contribution is 9.11. The van der Waals surface area contributed by atoms with Gasteiger partial charge in [0.05, 0.1) is 5.69 Å². The summed E-state index contributed by atoms with van der Waals surface area (Å²) in [5.41, 5.74) is 1.79. The molecule has 0 atom stereocenters. The van der Waals surface area contributed by atoms with E-state index in [0.29, 0.717) is 0 Å². The van der Waals surface area contributed by atoms with Crippen LogP contribution in [0.5, 0.6) is 0 Å². The maximum atomic E-state index is 13.1. The third kappa shape index (κ3) is 2.98. The lowest BCUT2D eigenvalue weighted by Gasteiger charge is -2.13. The van der Waals surface area contributed by atoms with E-state index < -0.39 is 0 Å². The molecular formula is C15H8Br3FN2. The van der Waals surface area contributed by atoms with E-state index >= 15 is 0 Å². The molecule has 0 aliphatic rings. The molecule has 0 saturated heterocycles. The minimum atomic E-state index is -0.261. The third-order valence-electron chi connectivity index (χ3n) is 2.97. The topological polar surface area (TPSA) is 17.8 Å². The summed E-state index contributed by atoms with van der Waals surface area (Å²) in [5, 5.41) is 0. The van der Waals surface area contributed by atoms with Gasteiger partial charge in [-0.05, 0) is 68.3 Å². The zero-order chi connectivity index (χ0) is 15.0. The smallest absolute Gasteiger partial charge is 0.144 e. The molecule has 0 unspecified atom stereocenters. The van der Waals surface area contributed by atoms with Crippen LogP contribution in [0.3, 0.4) is 0 Å². The molecule has 0 amide bonds. The molecule has 1 aromatic heterocycles. The van der Waals surface area contributed by atoms with Gasteiger partial charge in [-0.2, -0.15) is 0 Å². The fourth-order valence-corrected chi connectivity index (χ4v) is 4.70. The molecule has 106 valence electrons. The summed E-state index contributed by atoms with van der Waals surface area (Å²) in [6, 6.07) is 10.2. The molecule has 2 aromatic carbocycles. The number of nitrogens with zero attached hydrogens (tertiary/aromatic N) is 2. The Morgan fingerprint density at radius 3 is 2.19 bits per heavy atom. The lowest BCUT2D eigenvalue weighted by Crippen LogP contribution is -1.99. The van der Waals surface area contributed by atoms with Crippen LogP contribution in [0.15, 0.2) is 62.2 Å². The van der Waals surface area contributed by atoms with Crippen molar-refractivity contribution in [3.8, 4) is 17.1 Å². The Morgan fingerprint density at radius 1 is 0.952 bits per heavy atom. The second kappa shape index (κ2) is 6.02. The molecule has 0 bridgehead atoms. The van der Waals surface area contributed by atoms with Crippen molar-refractivity contribution in [1.29, 1.82) is 0 Å². The average molecular weight is 475 g/mol. The first-order valence-corrected chi connectivity index (χ1v) is 8.38. The van der Waals surface area contributed by atoms with E-state index in [1.54, 1.807) is 18.3 Å². The van der Waals surface area contributed by atoms with E-state index in [1.165, 1.54) is 12.1 Å². The van der Waals surface area contributed by atoms with Crippen LogP contribution in [0.1, 0.15) is 0 Å². The van der Waals surface area contributed by atoms with Crippen LogP contribution < -0.4 is 0 Å². The molecule has 21 heavy (non-hydrogen) atoms. The summed E-state index contributed by atoms with van der Waals surface area (Å²) in [7, 11) is 0. The Bertz CT molecular complexity index is 774. The first-order valence-electron chi connectivity index (χ1n) is 6.00. The van der Waals surface area contributed by atoms with Crippen LogP contribution in [0.2, 0.25) is 0 Å². The highest BCUT2D eigenvalue weighted by atomic mass is 79.9. The van der Waals surface area contributed by atoms with Crippen molar-refractivity contribution in [3.63, 3.8) is 0 Å². The van der Waals surface area contributed by atoms with Crippen molar-refractivity contribution < 1.29 is 4.39 Å². The molecule has 0 spiro atoms. The van der Waals surface area contributed by atoms with E-state index in [9.17, 15) is 4.39 Å². The standard InChI is InChI=1S/C15H8Br3FN2/c16-10-7-12(17)14(13(18)8-10)21-6-5-20-15(21)9-1-3-11(19)4-2-9/h1-8H. The predicted molar refractivity (Wildman–Crippen MR) is 92.1 cm³/mol. The van der Waals surface area contributed by atoms with Crippen LogP contribution in [-0.2, 0) is 0 Å². The van der Waals surface area contributed by atoms with Crippen molar-refractivity contribution in [2.45, 2.75) is 0 Å². The number of hydrogen-bond acceptors (Lipinski definition) is 1. The van der Waals surface area contributed by atoms with Gasteiger partial charge < -0.3 is 0 Å². The number of benzene rings is 2. The average Bonchev–Trinajstić information content (AvgIpc) is 2.87. The Balaban J connectivity index is 2.18. The Morgan fingerprint density at radius 2 is 1.57 bits per heavy atom. The lowest BCUT2D eigenvalue weighted by atomic mass is 10.2. The van der Waals surface area contributed by atoms with Gasteiger partial charge in [0.2, 0.25) is 0 Å². The van der Waals surface area contributed by atoms with E-state index in [-0.39, 0.29) is 5.82 Å². The minimum Gasteiger partial charge on any atom is -0.298 e. The van der Waals surface area contributed by atoms with Gasteiger partial charge in [-0.15, -0.1) is 0 Å². The molecule has 3 rings (SSSR count). The monoisotopic (exact) mass is 472 g/mol. The summed E-state index contributed by atoms with van der Waals surface area (Å²) < 4.78 is 17.8. The highest BCUT2D eigenvalue weighted by Crippen LogP contribution is 2.35. The number of imidazole rings is 1. The molecule has 3 aromatic rings. The van der Waals surface area contributed by atoms with Crippen LogP contribution >= 0.6 is 47.8 Å². The Labute approximate surface area is 146 Å². The van der Waals surface area contributed by atoms with Crippen molar-refractivity contribution in [1.82, 2.24) is 9.55 Å². The van der Waals surface area contributed by atoms with E-state index in [4.69, 9.17) is 0 Å². The van der Waals surface area contributed by atoms with Gasteiger partial charge in [-0.25, -0.2) is 9.37 Å². The van der Waals surface area contributed by atoms with Crippen LogP contribution in [-0.4, -0.2) is 9.55 Å². The second-order valence-corrected chi connectivity index (χ2v) is 6.97. The van der Waals surface area contributed by atoms with Crippen molar-refractivity contribution in [2.75, 3.05) is 0 Å². The summed E-state index contributed by atoms with van der Waals surface area (Å²) in [6.45, 7) is 0. The number of aromatic nitrogens is 2. The molecule has 2 nitrogen and oxygen atoms in total. The Hall–Kier alpha value is -0.980. The van der Waals surface area contributed by atoms with Gasteiger partial charge in [0.1, 0.15) is 11.6 Å². The molecule has 0 N–H and O–H groups in total. The summed E-state index contributed by atoms with van der Waals surface area (Å²) >= 11 is 10.6.